The van der Waals surface area contributed by atoms with Gasteiger partial charge in [0.2, 0.25) is 0 Å². The quantitative estimate of drug-likeness (QED) is 0.473. The number of esters is 1. The maximum atomic E-state index is 13.1. The van der Waals surface area contributed by atoms with Crippen molar-refractivity contribution in [3.05, 3.63) is 0 Å². The molecule has 33 heavy (non-hydrogen) atoms. The normalized spacial score (nSPS) is 26.9. The van der Waals surface area contributed by atoms with Gasteiger partial charge in [-0.25, -0.2) is 9.59 Å². The number of hydrogen-bond donors (Lipinski definition) is 1. The van der Waals surface area contributed by atoms with E-state index in [1.165, 1.54) is 9.80 Å². The number of urea groups is 1. The second kappa shape index (κ2) is 9.56. The molecule has 5 amide bonds. The molecule has 2 heterocycles. The predicted molar refractivity (Wildman–Crippen MR) is 116 cm³/mol. The van der Waals surface area contributed by atoms with Crippen molar-refractivity contribution in [1.82, 2.24) is 20.0 Å². The zero-order valence-electron chi connectivity index (χ0n) is 19.8. The molecule has 0 radical (unpaired) electrons. The van der Waals surface area contributed by atoms with E-state index in [0.29, 0.717) is 39.0 Å². The van der Waals surface area contributed by atoms with Gasteiger partial charge in [0.05, 0.1) is 6.61 Å². The number of nitrogens with zero attached hydrogens (tertiary/aromatic N) is 3. The van der Waals surface area contributed by atoms with Gasteiger partial charge in [0.25, 0.3) is 11.8 Å². The smallest absolute Gasteiger partial charge is 0.409 e. The molecule has 1 spiro atoms. The van der Waals surface area contributed by atoms with Crippen LogP contribution in [-0.2, 0) is 23.9 Å². The number of piperazine rings is 1. The Bertz CT molecular complexity index is 822. The van der Waals surface area contributed by atoms with Gasteiger partial charge in [-0.15, -0.1) is 0 Å². The van der Waals surface area contributed by atoms with Crippen molar-refractivity contribution in [3.8, 4) is 0 Å². The van der Waals surface area contributed by atoms with E-state index in [2.05, 4.69) is 26.1 Å². The van der Waals surface area contributed by atoms with Gasteiger partial charge in [-0.3, -0.25) is 19.3 Å². The van der Waals surface area contributed by atoms with Crippen molar-refractivity contribution in [3.63, 3.8) is 0 Å². The Hall–Kier alpha value is -2.85. The lowest BCUT2D eigenvalue weighted by Crippen LogP contribution is -2.54. The molecule has 0 aromatic rings. The first kappa shape index (κ1) is 24.8. The Morgan fingerprint density at radius 2 is 1.67 bits per heavy atom. The Kier molecular flexibility index (Phi) is 7.18. The summed E-state index contributed by atoms with van der Waals surface area (Å²) in [5.41, 5.74) is -1.10. The van der Waals surface area contributed by atoms with Gasteiger partial charge < -0.3 is 24.6 Å². The van der Waals surface area contributed by atoms with E-state index in [4.69, 9.17) is 9.47 Å². The van der Waals surface area contributed by atoms with E-state index in [0.717, 1.165) is 11.3 Å². The summed E-state index contributed by atoms with van der Waals surface area (Å²) in [7, 11) is 0. The molecule has 2 atom stereocenters. The fourth-order valence-electron chi connectivity index (χ4n) is 5.41. The first-order valence-corrected chi connectivity index (χ1v) is 11.5. The fourth-order valence-corrected chi connectivity index (χ4v) is 5.41. The number of rotatable bonds is 5. The van der Waals surface area contributed by atoms with Gasteiger partial charge in [-0.05, 0) is 37.5 Å². The number of imide groups is 1. The van der Waals surface area contributed by atoms with Gasteiger partial charge in [-0.2, -0.15) is 0 Å². The summed E-state index contributed by atoms with van der Waals surface area (Å²) in [5, 5.41) is 2.81. The zero-order valence-corrected chi connectivity index (χ0v) is 19.8. The third-order valence-corrected chi connectivity index (χ3v) is 6.43. The molecule has 3 aliphatic rings. The van der Waals surface area contributed by atoms with Crippen molar-refractivity contribution in [2.45, 2.75) is 52.5 Å². The average molecular weight is 467 g/mol. The molecule has 0 unspecified atom stereocenters. The predicted octanol–water partition coefficient (Wildman–Crippen LogP) is 0.967. The molecule has 2 aliphatic heterocycles. The van der Waals surface area contributed by atoms with Crippen molar-refractivity contribution < 1.29 is 33.4 Å². The molecular weight excluding hydrogens is 432 g/mol. The highest BCUT2D eigenvalue weighted by Crippen LogP contribution is 2.46. The minimum atomic E-state index is -0.993. The van der Waals surface area contributed by atoms with Crippen LogP contribution < -0.4 is 5.32 Å². The highest BCUT2D eigenvalue weighted by molar-refractivity contribution is 6.08. The van der Waals surface area contributed by atoms with Crippen molar-refractivity contribution >= 4 is 29.9 Å². The lowest BCUT2D eigenvalue weighted by Gasteiger charge is -2.43. The number of hydrogen-bond acceptors (Lipinski definition) is 7. The molecular formula is C22H34N4O7. The van der Waals surface area contributed by atoms with Crippen molar-refractivity contribution in [1.29, 1.82) is 0 Å². The first-order chi connectivity index (χ1) is 15.5. The van der Waals surface area contributed by atoms with Crippen LogP contribution in [0.3, 0.4) is 0 Å². The minimum Gasteiger partial charge on any atom is -0.454 e. The largest absolute Gasteiger partial charge is 0.454 e. The summed E-state index contributed by atoms with van der Waals surface area (Å²) in [4.78, 5) is 65.9. The summed E-state index contributed by atoms with van der Waals surface area (Å²) in [6.45, 7) is 8.44. The van der Waals surface area contributed by atoms with Crippen molar-refractivity contribution in [2.24, 2.45) is 11.3 Å². The SMILES string of the molecule is CCOC(=O)N1CCN(C(=O)COC(=O)CN2C(=O)N[C@]3(C[C@H](C)CC(C)(C)C3)C2=O)CC1. The zero-order chi connectivity index (χ0) is 24.4. The van der Waals surface area contributed by atoms with Crippen LogP contribution in [-0.4, -0.2) is 96.1 Å². The van der Waals surface area contributed by atoms with E-state index in [-0.39, 0.29) is 17.9 Å². The van der Waals surface area contributed by atoms with E-state index in [1.807, 2.05) is 0 Å². The third kappa shape index (κ3) is 5.56. The Morgan fingerprint density at radius 1 is 1.03 bits per heavy atom. The van der Waals surface area contributed by atoms with E-state index in [9.17, 15) is 24.0 Å². The Morgan fingerprint density at radius 3 is 2.27 bits per heavy atom. The molecule has 0 aromatic carbocycles. The van der Waals surface area contributed by atoms with Crippen LogP contribution in [0.1, 0.15) is 47.0 Å². The van der Waals surface area contributed by atoms with Gasteiger partial charge in [0, 0.05) is 26.2 Å². The van der Waals surface area contributed by atoms with Gasteiger partial charge in [-0.1, -0.05) is 20.8 Å². The molecule has 11 heteroatoms. The van der Waals surface area contributed by atoms with Crippen LogP contribution in [0.25, 0.3) is 0 Å². The van der Waals surface area contributed by atoms with Crippen molar-refractivity contribution in [2.75, 3.05) is 45.9 Å². The number of ether oxygens (including phenoxy) is 2. The van der Waals surface area contributed by atoms with Crippen LogP contribution >= 0.6 is 0 Å². The number of carbonyl (C=O) groups excluding carboxylic acids is 5. The van der Waals surface area contributed by atoms with Crippen LogP contribution in [0, 0.1) is 11.3 Å². The molecule has 1 saturated carbocycles. The van der Waals surface area contributed by atoms with Gasteiger partial charge in [0.1, 0.15) is 12.1 Å². The summed E-state index contributed by atoms with van der Waals surface area (Å²) >= 11 is 0. The van der Waals surface area contributed by atoms with E-state index >= 15 is 0 Å². The highest BCUT2D eigenvalue weighted by Gasteiger charge is 2.56. The molecule has 3 fully saturated rings. The molecule has 1 aliphatic carbocycles. The lowest BCUT2D eigenvalue weighted by molar-refractivity contribution is -0.154. The molecule has 0 bridgehead atoms. The molecule has 2 saturated heterocycles. The number of carbonyl (C=O) groups is 5. The molecule has 184 valence electrons. The monoisotopic (exact) mass is 466 g/mol. The molecule has 11 nitrogen and oxygen atoms in total. The van der Waals surface area contributed by atoms with Crippen LogP contribution in [0.2, 0.25) is 0 Å². The second-order valence-electron chi connectivity index (χ2n) is 9.99. The van der Waals surface area contributed by atoms with Crippen LogP contribution in [0.15, 0.2) is 0 Å². The summed E-state index contributed by atoms with van der Waals surface area (Å²) in [6, 6.07) is -0.608. The topological polar surface area (TPSA) is 126 Å². The number of nitrogens with one attached hydrogen (secondary N) is 1. The minimum absolute atomic E-state index is 0.110. The van der Waals surface area contributed by atoms with E-state index < -0.39 is 48.6 Å². The summed E-state index contributed by atoms with van der Waals surface area (Å²) in [5.74, 6) is -1.38. The Balaban J connectivity index is 1.48. The van der Waals surface area contributed by atoms with E-state index in [1.54, 1.807) is 6.92 Å². The maximum Gasteiger partial charge on any atom is 0.409 e. The maximum absolute atomic E-state index is 13.1. The fraction of sp³-hybridized carbons (Fsp3) is 0.773. The van der Waals surface area contributed by atoms with Gasteiger partial charge in [0.15, 0.2) is 6.61 Å². The summed E-state index contributed by atoms with van der Waals surface area (Å²) < 4.78 is 10.0. The second-order valence-corrected chi connectivity index (χ2v) is 9.99. The van der Waals surface area contributed by atoms with Crippen LogP contribution in [0.4, 0.5) is 9.59 Å². The van der Waals surface area contributed by atoms with Gasteiger partial charge >= 0.3 is 18.1 Å². The third-order valence-electron chi connectivity index (χ3n) is 6.43. The Labute approximate surface area is 193 Å². The van der Waals surface area contributed by atoms with Crippen LogP contribution in [0.5, 0.6) is 0 Å². The molecule has 3 rings (SSSR count). The standard InChI is InChI=1S/C22H34N4O7/c1-5-32-20(31)25-8-6-24(7-9-25)16(27)13-33-17(28)12-26-18(29)22(23-19(26)30)11-15(2)10-21(3,4)14-22/h15H,5-14H2,1-4H3,(H,23,30)/t15-,22+/m1/s1. The average Bonchev–Trinajstić information content (AvgIpc) is 2.94. The molecule has 1 N–H and O–H groups in total. The highest BCUT2D eigenvalue weighted by atomic mass is 16.6. The lowest BCUT2D eigenvalue weighted by atomic mass is 9.64. The number of amides is 5. The summed E-state index contributed by atoms with van der Waals surface area (Å²) in [6.07, 6.45) is 1.58. The first-order valence-electron chi connectivity index (χ1n) is 11.5. The molecule has 0 aromatic heterocycles.